The van der Waals surface area contributed by atoms with Gasteiger partial charge >= 0.3 is 58.3 Å². The Morgan fingerprint density at radius 3 is 0.892 bits per heavy atom. The lowest BCUT2D eigenvalue weighted by molar-refractivity contribution is -0.395. The maximum Gasteiger partial charge on any atom is 0.460 e. The van der Waals surface area contributed by atoms with Crippen LogP contribution in [-0.2, 0) is 18.8 Å². The molecule has 0 radical (unpaired) electrons. The molecule has 0 fully saturated rings. The van der Waals surface area contributed by atoms with Gasteiger partial charge in [0, 0.05) is 0 Å². The van der Waals surface area contributed by atoms with Crippen LogP contribution in [0.4, 0.5) is 79.0 Å². The molecule has 0 spiro atoms. The molecule has 0 saturated heterocycles. The Labute approximate surface area is 209 Å². The lowest BCUT2D eigenvalue weighted by Crippen LogP contribution is -2.64. The average molecular weight is 748 g/mol. The predicted octanol–water partition coefficient (Wildman–Crippen LogP) is 6.73. The molecule has 0 aromatic carbocycles. The molecule has 0 rings (SSSR count). The van der Waals surface area contributed by atoms with Crippen LogP contribution in [0.3, 0.4) is 0 Å². The molecule has 0 aromatic heterocycles. The van der Waals surface area contributed by atoms with Crippen LogP contribution < -0.4 is 0 Å². The molecule has 37 heavy (non-hydrogen) atoms. The van der Waals surface area contributed by atoms with Crippen molar-refractivity contribution in [3.63, 3.8) is 0 Å². The number of halogens is 20. The van der Waals surface area contributed by atoms with Crippen molar-refractivity contribution in [1.82, 2.24) is 0 Å². The van der Waals surface area contributed by atoms with Crippen molar-refractivity contribution in [2.75, 3.05) is 13.2 Å². The Hall–Kier alpha value is -0.430. The molecule has 2 atom stereocenters. The molecule has 0 aliphatic carbocycles. The van der Waals surface area contributed by atoms with Crippen LogP contribution in [0.2, 0.25) is 0 Å². The van der Waals surface area contributed by atoms with Gasteiger partial charge in [-0.25, -0.2) is 8.37 Å². The van der Waals surface area contributed by atoms with Crippen molar-refractivity contribution in [2.24, 2.45) is 0 Å². The van der Waals surface area contributed by atoms with Gasteiger partial charge < -0.3 is 0 Å². The summed E-state index contributed by atoms with van der Waals surface area (Å²) in [5, 5.41) is 0. The zero-order valence-electron chi connectivity index (χ0n) is 16.2. The molecule has 0 heterocycles. The highest BCUT2D eigenvalue weighted by molar-refractivity contribution is 9.09. The summed E-state index contributed by atoms with van der Waals surface area (Å²) in [6, 6.07) is 0. The molecule has 0 aliphatic rings. The summed E-state index contributed by atoms with van der Waals surface area (Å²) < 4.78 is 260. The topological polar surface area (TPSA) is 52.6 Å². The highest BCUT2D eigenvalue weighted by atomic mass is 79.9. The van der Waals surface area contributed by atoms with E-state index in [0.29, 0.717) is 0 Å². The fraction of sp³-hybridized carbons (Fsp3) is 1.00. The molecule has 0 amide bonds. The molecule has 25 heteroatoms. The van der Waals surface area contributed by atoms with Crippen molar-refractivity contribution in [3.8, 4) is 0 Å². The van der Waals surface area contributed by atoms with E-state index >= 15 is 0 Å². The Morgan fingerprint density at radius 2 is 0.703 bits per heavy atom. The average Bonchev–Trinajstić information content (AvgIpc) is 2.67. The first-order valence-electron chi connectivity index (χ1n) is 7.98. The number of hydrogen-bond donors (Lipinski definition) is 0. The van der Waals surface area contributed by atoms with Crippen LogP contribution in [0, 0.1) is 0 Å². The van der Waals surface area contributed by atoms with E-state index in [0.717, 1.165) is 0 Å². The van der Waals surface area contributed by atoms with Crippen LogP contribution in [0.1, 0.15) is 0 Å². The van der Waals surface area contributed by atoms with Crippen molar-refractivity contribution in [2.45, 2.75) is 57.5 Å². The summed E-state index contributed by atoms with van der Waals surface area (Å²) in [6.45, 7) is -5.07. The van der Waals surface area contributed by atoms with E-state index in [-0.39, 0.29) is 0 Å². The quantitative estimate of drug-likeness (QED) is 0.164. The van der Waals surface area contributed by atoms with Gasteiger partial charge in [0.25, 0.3) is 0 Å². The van der Waals surface area contributed by atoms with E-state index in [1.165, 1.54) is 31.9 Å². The largest absolute Gasteiger partial charge is 0.460 e. The monoisotopic (exact) mass is 746 g/mol. The van der Waals surface area contributed by atoms with Crippen LogP contribution in [0.5, 0.6) is 0 Å². The minimum Gasteiger partial charge on any atom is -0.247 e. The van der Waals surface area contributed by atoms with Crippen LogP contribution in [0.25, 0.3) is 0 Å². The van der Waals surface area contributed by atoms with E-state index in [4.69, 9.17) is 0 Å². The van der Waals surface area contributed by atoms with E-state index in [2.05, 4.69) is 8.37 Å². The Bertz CT molecular complexity index is 833. The summed E-state index contributed by atoms with van der Waals surface area (Å²) in [6.07, 6.45) is -14.5. The zero-order chi connectivity index (χ0) is 30.5. The third-order valence-corrected chi connectivity index (χ3v) is 6.37. The number of alkyl halides is 20. The van der Waals surface area contributed by atoms with Gasteiger partial charge in [-0.15, -0.1) is 0 Å². The van der Waals surface area contributed by atoms with Gasteiger partial charge in [-0.05, 0) is 0 Å². The van der Waals surface area contributed by atoms with Crippen LogP contribution in [-0.4, -0.2) is 79.2 Å². The standard InChI is InChI=1S/C12H6Br2F18O4S/c13-3(5(15,16)7(19,20)9(23,24)11(27,28)29)1-35-37(33,34)36-2-4(14)6(17,18)8(21,22)10(25,26)12(30,31)32/h3-4H,1-2H2. The van der Waals surface area contributed by atoms with Crippen LogP contribution in [0.15, 0.2) is 0 Å². The smallest absolute Gasteiger partial charge is 0.247 e. The lowest BCUT2D eigenvalue weighted by atomic mass is 10.0. The third-order valence-electron chi connectivity index (χ3n) is 3.84. The molecule has 0 aromatic rings. The molecule has 0 bridgehead atoms. The summed E-state index contributed by atoms with van der Waals surface area (Å²) in [5.41, 5.74) is 0. The first-order chi connectivity index (χ1) is 15.8. The van der Waals surface area contributed by atoms with Crippen LogP contribution >= 0.6 is 31.9 Å². The summed E-state index contributed by atoms with van der Waals surface area (Å²) >= 11 is 2.86. The second-order valence-corrected chi connectivity index (χ2v) is 9.95. The molecule has 2 unspecified atom stereocenters. The highest BCUT2D eigenvalue weighted by Crippen LogP contribution is 2.56. The maximum atomic E-state index is 13.6. The zero-order valence-corrected chi connectivity index (χ0v) is 20.2. The summed E-state index contributed by atoms with van der Waals surface area (Å²) in [5.74, 6) is -42.4. The Balaban J connectivity index is 5.57. The molecular weight excluding hydrogens is 742 g/mol. The van der Waals surface area contributed by atoms with E-state index < -0.39 is 81.2 Å². The normalized spacial score (nSPS) is 17.6. The fourth-order valence-electron chi connectivity index (χ4n) is 1.70. The minimum atomic E-state index is -7.41. The number of rotatable bonds is 12. The van der Waals surface area contributed by atoms with Gasteiger partial charge in [0.2, 0.25) is 0 Å². The Kier molecular flexibility index (Phi) is 10.4. The summed E-state index contributed by atoms with van der Waals surface area (Å²) in [4.78, 5) is -7.50. The minimum absolute atomic E-state index is 1.43. The fourth-order valence-corrected chi connectivity index (χ4v) is 3.56. The molecular formula is C12H6Br2F18O4S. The van der Waals surface area contributed by atoms with E-state index in [9.17, 15) is 87.4 Å². The van der Waals surface area contributed by atoms with Gasteiger partial charge in [-0.3, -0.25) is 0 Å². The molecule has 0 N–H and O–H groups in total. The predicted molar refractivity (Wildman–Crippen MR) is 88.0 cm³/mol. The second kappa shape index (κ2) is 10.5. The van der Waals surface area contributed by atoms with Gasteiger partial charge in [0.1, 0.15) is 9.65 Å². The van der Waals surface area contributed by atoms with Crippen molar-refractivity contribution >= 4 is 42.3 Å². The third kappa shape index (κ3) is 6.66. The SMILES string of the molecule is O=S(=O)(OCC(Br)C(F)(F)C(F)(F)C(F)(F)C(F)(F)F)OCC(Br)C(F)(F)C(F)(F)C(F)(F)C(F)(F)F. The van der Waals surface area contributed by atoms with Crippen molar-refractivity contribution in [1.29, 1.82) is 0 Å². The molecule has 0 saturated carbocycles. The maximum absolute atomic E-state index is 13.6. The highest BCUT2D eigenvalue weighted by Gasteiger charge is 2.84. The van der Waals surface area contributed by atoms with Gasteiger partial charge in [-0.2, -0.15) is 87.4 Å². The van der Waals surface area contributed by atoms with Gasteiger partial charge in [0.05, 0.1) is 13.2 Å². The number of hydrogen-bond acceptors (Lipinski definition) is 4. The van der Waals surface area contributed by atoms with Crippen molar-refractivity contribution in [3.05, 3.63) is 0 Å². The summed E-state index contributed by atoms with van der Waals surface area (Å²) in [7, 11) is -6.15. The second-order valence-electron chi connectivity index (χ2n) is 6.45. The van der Waals surface area contributed by atoms with E-state index in [1.54, 1.807) is 0 Å². The van der Waals surface area contributed by atoms with Crippen molar-refractivity contribution < 1.29 is 95.8 Å². The van der Waals surface area contributed by atoms with Gasteiger partial charge in [0.15, 0.2) is 0 Å². The first kappa shape index (κ1) is 36.6. The molecule has 0 aliphatic heterocycles. The van der Waals surface area contributed by atoms with Gasteiger partial charge in [-0.1, -0.05) is 31.9 Å². The first-order valence-corrected chi connectivity index (χ1v) is 11.1. The van der Waals surface area contributed by atoms with E-state index in [1.807, 2.05) is 0 Å². The molecule has 224 valence electrons. The Morgan fingerprint density at radius 1 is 0.486 bits per heavy atom. The lowest BCUT2D eigenvalue weighted by Gasteiger charge is -2.36. The molecule has 4 nitrogen and oxygen atoms in total.